The van der Waals surface area contributed by atoms with Gasteiger partial charge in [-0.2, -0.15) is 0 Å². The lowest BCUT2D eigenvalue weighted by Gasteiger charge is -2.10. The SMILES string of the molecule is COc1ccc2c([N+](=O)[O-])c(C)n(-c3ccc(OC)c(O)c3)c2c1. The van der Waals surface area contributed by atoms with E-state index in [1.807, 2.05) is 0 Å². The van der Waals surface area contributed by atoms with Gasteiger partial charge in [0, 0.05) is 12.1 Å². The van der Waals surface area contributed by atoms with E-state index in [0.29, 0.717) is 33.8 Å². The van der Waals surface area contributed by atoms with Crippen molar-refractivity contribution in [3.8, 4) is 22.9 Å². The van der Waals surface area contributed by atoms with Gasteiger partial charge in [0.25, 0.3) is 5.69 Å². The van der Waals surface area contributed by atoms with Crippen molar-refractivity contribution in [2.45, 2.75) is 6.92 Å². The fraction of sp³-hybridized carbons (Fsp3) is 0.176. The molecule has 2 aromatic carbocycles. The van der Waals surface area contributed by atoms with Crippen molar-refractivity contribution in [3.05, 3.63) is 52.2 Å². The molecule has 0 spiro atoms. The average Bonchev–Trinajstić information content (AvgIpc) is 2.85. The Labute approximate surface area is 137 Å². The first kappa shape index (κ1) is 15.7. The maximum atomic E-state index is 11.5. The highest BCUT2D eigenvalue weighted by Crippen LogP contribution is 2.38. The van der Waals surface area contributed by atoms with Gasteiger partial charge in [-0.3, -0.25) is 10.1 Å². The first-order valence-electron chi connectivity index (χ1n) is 7.18. The van der Waals surface area contributed by atoms with E-state index >= 15 is 0 Å². The highest BCUT2D eigenvalue weighted by Gasteiger charge is 2.24. The molecule has 1 aromatic heterocycles. The van der Waals surface area contributed by atoms with Crippen LogP contribution in [0.5, 0.6) is 17.2 Å². The second kappa shape index (κ2) is 5.77. The molecule has 3 rings (SSSR count). The number of benzene rings is 2. The molecule has 3 aromatic rings. The number of fused-ring (bicyclic) bond motifs is 1. The molecule has 0 aliphatic rings. The van der Waals surface area contributed by atoms with Crippen LogP contribution >= 0.6 is 0 Å². The predicted octanol–water partition coefficient (Wildman–Crippen LogP) is 3.57. The van der Waals surface area contributed by atoms with E-state index in [0.717, 1.165) is 0 Å². The standard InChI is InChI=1S/C17H16N2O5/c1-10-17(19(21)22)13-6-5-12(23-2)9-14(13)18(10)11-4-7-16(24-3)15(20)8-11/h4-9,20H,1-3H3. The molecular weight excluding hydrogens is 312 g/mol. The number of aromatic hydroxyl groups is 1. The van der Waals surface area contributed by atoms with Gasteiger partial charge in [-0.25, -0.2) is 0 Å². The lowest BCUT2D eigenvalue weighted by Crippen LogP contribution is -1.98. The van der Waals surface area contributed by atoms with Crippen LogP contribution in [0.15, 0.2) is 36.4 Å². The Morgan fingerprint density at radius 1 is 1.12 bits per heavy atom. The number of rotatable bonds is 4. The van der Waals surface area contributed by atoms with Crippen LogP contribution < -0.4 is 9.47 Å². The van der Waals surface area contributed by atoms with Gasteiger partial charge >= 0.3 is 0 Å². The fourth-order valence-electron chi connectivity index (χ4n) is 2.89. The van der Waals surface area contributed by atoms with Gasteiger partial charge in [-0.05, 0) is 31.2 Å². The smallest absolute Gasteiger partial charge is 0.298 e. The largest absolute Gasteiger partial charge is 0.504 e. The number of hydrogen-bond acceptors (Lipinski definition) is 5. The van der Waals surface area contributed by atoms with E-state index in [4.69, 9.17) is 9.47 Å². The number of phenols is 1. The topological polar surface area (TPSA) is 86.8 Å². The molecule has 0 amide bonds. The quantitative estimate of drug-likeness (QED) is 0.584. The number of hydrogen-bond donors (Lipinski definition) is 1. The van der Waals surface area contributed by atoms with Gasteiger partial charge in [-0.1, -0.05) is 0 Å². The summed E-state index contributed by atoms with van der Waals surface area (Å²) in [7, 11) is 3.00. The Morgan fingerprint density at radius 3 is 2.46 bits per heavy atom. The van der Waals surface area contributed by atoms with Gasteiger partial charge < -0.3 is 19.1 Å². The molecule has 124 valence electrons. The zero-order valence-corrected chi connectivity index (χ0v) is 13.4. The number of aromatic nitrogens is 1. The zero-order chi connectivity index (χ0) is 17.4. The highest BCUT2D eigenvalue weighted by atomic mass is 16.6. The minimum absolute atomic E-state index is 0.0305. The first-order chi connectivity index (χ1) is 11.5. The van der Waals surface area contributed by atoms with E-state index in [2.05, 4.69) is 0 Å². The third-order valence-electron chi connectivity index (χ3n) is 3.98. The summed E-state index contributed by atoms with van der Waals surface area (Å²) in [5.41, 5.74) is 1.72. The summed E-state index contributed by atoms with van der Waals surface area (Å²) < 4.78 is 12.0. The maximum Gasteiger partial charge on any atom is 0.298 e. The number of phenolic OH excluding ortho intramolecular Hbond substituents is 1. The second-order valence-corrected chi connectivity index (χ2v) is 5.27. The van der Waals surface area contributed by atoms with Crippen LogP contribution in [0.3, 0.4) is 0 Å². The number of methoxy groups -OCH3 is 2. The molecule has 0 saturated carbocycles. The molecule has 0 atom stereocenters. The molecule has 1 N–H and O–H groups in total. The molecule has 0 bridgehead atoms. The van der Waals surface area contributed by atoms with Crippen molar-refractivity contribution in [1.29, 1.82) is 0 Å². The molecule has 0 aliphatic carbocycles. The summed E-state index contributed by atoms with van der Waals surface area (Å²) in [6, 6.07) is 9.94. The van der Waals surface area contributed by atoms with Crippen LogP contribution in [0, 0.1) is 17.0 Å². The van der Waals surface area contributed by atoms with Crippen LogP contribution in [0.4, 0.5) is 5.69 Å². The van der Waals surface area contributed by atoms with Crippen LogP contribution in [0.2, 0.25) is 0 Å². The number of ether oxygens (including phenoxy) is 2. The van der Waals surface area contributed by atoms with Crippen LogP contribution in [0.1, 0.15) is 5.69 Å². The summed E-state index contributed by atoms with van der Waals surface area (Å²) in [4.78, 5) is 11.1. The van der Waals surface area contributed by atoms with Gasteiger partial charge in [0.1, 0.15) is 5.75 Å². The molecule has 7 heteroatoms. The summed E-state index contributed by atoms with van der Waals surface area (Å²) in [5.74, 6) is 0.885. The van der Waals surface area contributed by atoms with E-state index in [-0.39, 0.29) is 11.4 Å². The van der Waals surface area contributed by atoms with Gasteiger partial charge in [-0.15, -0.1) is 0 Å². The molecular formula is C17H16N2O5. The third-order valence-corrected chi connectivity index (χ3v) is 3.98. The van der Waals surface area contributed by atoms with E-state index in [9.17, 15) is 15.2 Å². The lowest BCUT2D eigenvalue weighted by atomic mass is 10.2. The van der Waals surface area contributed by atoms with Crippen molar-refractivity contribution < 1.29 is 19.5 Å². The van der Waals surface area contributed by atoms with Gasteiger partial charge in [0.15, 0.2) is 11.5 Å². The third kappa shape index (κ3) is 2.30. The summed E-state index contributed by atoms with van der Waals surface area (Å²) in [6.07, 6.45) is 0. The molecule has 0 radical (unpaired) electrons. The number of nitrogens with zero attached hydrogens (tertiary/aromatic N) is 2. The second-order valence-electron chi connectivity index (χ2n) is 5.27. The van der Waals surface area contributed by atoms with Crippen LogP contribution in [0.25, 0.3) is 16.6 Å². The van der Waals surface area contributed by atoms with Crippen molar-refractivity contribution in [2.24, 2.45) is 0 Å². The average molecular weight is 328 g/mol. The van der Waals surface area contributed by atoms with Gasteiger partial charge in [0.05, 0.1) is 41.4 Å². The molecule has 7 nitrogen and oxygen atoms in total. The lowest BCUT2D eigenvalue weighted by molar-refractivity contribution is -0.383. The molecule has 0 aliphatic heterocycles. The Hall–Kier alpha value is -3.22. The number of nitro groups is 1. The summed E-state index contributed by atoms with van der Waals surface area (Å²) in [5, 5.41) is 22.0. The Balaban J connectivity index is 2.36. The maximum absolute atomic E-state index is 11.5. The molecule has 0 unspecified atom stereocenters. The minimum atomic E-state index is -0.399. The van der Waals surface area contributed by atoms with E-state index < -0.39 is 4.92 Å². The van der Waals surface area contributed by atoms with Crippen molar-refractivity contribution in [1.82, 2.24) is 4.57 Å². The van der Waals surface area contributed by atoms with E-state index in [1.54, 1.807) is 41.8 Å². The van der Waals surface area contributed by atoms with Crippen molar-refractivity contribution in [3.63, 3.8) is 0 Å². The fourth-order valence-corrected chi connectivity index (χ4v) is 2.89. The van der Waals surface area contributed by atoms with Crippen LogP contribution in [-0.4, -0.2) is 28.8 Å². The molecule has 1 heterocycles. The normalized spacial score (nSPS) is 10.8. The molecule has 0 fully saturated rings. The van der Waals surface area contributed by atoms with Gasteiger partial charge in [0.2, 0.25) is 0 Å². The molecule has 0 saturated heterocycles. The van der Waals surface area contributed by atoms with Crippen molar-refractivity contribution in [2.75, 3.05) is 14.2 Å². The minimum Gasteiger partial charge on any atom is -0.504 e. The Kier molecular flexibility index (Phi) is 3.76. The Bertz CT molecular complexity index is 946. The summed E-state index contributed by atoms with van der Waals surface area (Å²) >= 11 is 0. The van der Waals surface area contributed by atoms with Crippen LogP contribution in [-0.2, 0) is 0 Å². The first-order valence-corrected chi connectivity index (χ1v) is 7.18. The van der Waals surface area contributed by atoms with E-state index in [1.165, 1.54) is 20.3 Å². The summed E-state index contributed by atoms with van der Waals surface area (Å²) in [6.45, 7) is 1.67. The van der Waals surface area contributed by atoms with Crippen molar-refractivity contribution >= 4 is 16.6 Å². The predicted molar refractivity (Wildman–Crippen MR) is 89.4 cm³/mol. The Morgan fingerprint density at radius 2 is 1.88 bits per heavy atom. The monoisotopic (exact) mass is 328 g/mol. The highest BCUT2D eigenvalue weighted by molar-refractivity contribution is 5.94. The zero-order valence-electron chi connectivity index (χ0n) is 13.4. The molecule has 24 heavy (non-hydrogen) atoms.